The summed E-state index contributed by atoms with van der Waals surface area (Å²) in [6, 6.07) is 4.50. The summed E-state index contributed by atoms with van der Waals surface area (Å²) < 4.78 is 0.861. The number of piperidine rings is 1. The zero-order chi connectivity index (χ0) is 16.2. The van der Waals surface area contributed by atoms with Gasteiger partial charge in [-0.15, -0.1) is 11.3 Å². The van der Waals surface area contributed by atoms with Gasteiger partial charge in [0.15, 0.2) is 0 Å². The molecule has 128 valence electrons. The summed E-state index contributed by atoms with van der Waals surface area (Å²) in [6.45, 7) is 8.70. The van der Waals surface area contributed by atoms with E-state index in [1.807, 2.05) is 6.07 Å². The second kappa shape index (κ2) is 7.97. The molecule has 2 fully saturated rings. The molecule has 1 aromatic rings. The summed E-state index contributed by atoms with van der Waals surface area (Å²) in [5.74, 6) is 0.315. The number of carbonyl (C=O) groups excluding carboxylic acids is 1. The second-order valence-corrected chi connectivity index (χ2v) is 8.49. The molecule has 2 aliphatic rings. The van der Waals surface area contributed by atoms with Gasteiger partial charge in [-0.25, -0.2) is 0 Å². The molecule has 2 saturated heterocycles. The van der Waals surface area contributed by atoms with Gasteiger partial charge in [-0.3, -0.25) is 14.6 Å². The monoisotopic (exact) mass is 355 g/mol. The minimum Gasteiger partial charge on any atom is -0.339 e. The fourth-order valence-electron chi connectivity index (χ4n) is 3.51. The quantitative estimate of drug-likeness (QED) is 0.830. The van der Waals surface area contributed by atoms with Crippen LogP contribution in [-0.4, -0.2) is 65.9 Å². The van der Waals surface area contributed by atoms with Crippen LogP contribution in [0.3, 0.4) is 0 Å². The third-order valence-corrected chi connectivity index (χ3v) is 6.17. The molecule has 0 bridgehead atoms. The van der Waals surface area contributed by atoms with Gasteiger partial charge in [0.05, 0.1) is 10.9 Å². The van der Waals surface area contributed by atoms with Crippen LogP contribution < -0.4 is 0 Å². The summed E-state index contributed by atoms with van der Waals surface area (Å²) >= 11 is 7.65. The smallest absolute Gasteiger partial charge is 0.236 e. The van der Waals surface area contributed by atoms with Gasteiger partial charge >= 0.3 is 0 Å². The molecule has 6 heteroatoms. The first-order chi connectivity index (χ1) is 11.1. The Bertz CT molecular complexity index is 528. The summed E-state index contributed by atoms with van der Waals surface area (Å²) in [5, 5.41) is 0. The van der Waals surface area contributed by atoms with Crippen LogP contribution >= 0.6 is 22.9 Å². The number of amides is 1. The average molecular weight is 356 g/mol. The topological polar surface area (TPSA) is 26.8 Å². The predicted octanol–water partition coefficient (Wildman–Crippen LogP) is 2.92. The molecule has 23 heavy (non-hydrogen) atoms. The lowest BCUT2D eigenvalue weighted by Gasteiger charge is -2.38. The summed E-state index contributed by atoms with van der Waals surface area (Å²) in [6.07, 6.45) is 3.58. The molecule has 0 N–H and O–H groups in total. The number of thiophene rings is 1. The van der Waals surface area contributed by atoms with Gasteiger partial charge in [-0.2, -0.15) is 0 Å². The van der Waals surface area contributed by atoms with Crippen molar-refractivity contribution in [1.29, 1.82) is 0 Å². The van der Waals surface area contributed by atoms with Crippen LogP contribution in [0.25, 0.3) is 0 Å². The highest BCUT2D eigenvalue weighted by Crippen LogP contribution is 2.23. The van der Waals surface area contributed by atoms with Crippen molar-refractivity contribution in [2.24, 2.45) is 0 Å². The van der Waals surface area contributed by atoms with Crippen molar-refractivity contribution in [3.63, 3.8) is 0 Å². The van der Waals surface area contributed by atoms with E-state index in [4.69, 9.17) is 11.6 Å². The maximum absolute atomic E-state index is 12.5. The summed E-state index contributed by atoms with van der Waals surface area (Å²) in [5.41, 5.74) is 0. The van der Waals surface area contributed by atoms with Crippen molar-refractivity contribution in [3.05, 3.63) is 21.3 Å². The van der Waals surface area contributed by atoms with Crippen LogP contribution in [0.4, 0.5) is 0 Å². The van der Waals surface area contributed by atoms with Gasteiger partial charge < -0.3 is 4.90 Å². The minimum absolute atomic E-state index is 0.315. The molecule has 2 aliphatic heterocycles. The maximum atomic E-state index is 12.5. The Hall–Kier alpha value is -0.620. The SMILES string of the molecule is CC1CCCCN1C(=O)CN1CCN(Cc2ccc(Cl)s2)CC1. The molecular weight excluding hydrogens is 330 g/mol. The van der Waals surface area contributed by atoms with E-state index in [9.17, 15) is 4.79 Å². The molecule has 1 aromatic heterocycles. The van der Waals surface area contributed by atoms with E-state index in [1.54, 1.807) is 11.3 Å². The Morgan fingerprint density at radius 3 is 2.57 bits per heavy atom. The number of rotatable bonds is 4. The van der Waals surface area contributed by atoms with Gasteiger partial charge in [0.2, 0.25) is 5.91 Å². The van der Waals surface area contributed by atoms with Crippen LogP contribution in [0.1, 0.15) is 31.1 Å². The number of nitrogens with zero attached hydrogens (tertiary/aromatic N) is 3. The third-order valence-electron chi connectivity index (χ3n) is 4.96. The van der Waals surface area contributed by atoms with E-state index in [-0.39, 0.29) is 0 Å². The van der Waals surface area contributed by atoms with Crippen LogP contribution in [0, 0.1) is 0 Å². The van der Waals surface area contributed by atoms with E-state index in [1.165, 1.54) is 11.3 Å². The molecule has 1 atom stereocenters. The van der Waals surface area contributed by atoms with E-state index in [2.05, 4.69) is 27.7 Å². The highest BCUT2D eigenvalue weighted by Gasteiger charge is 2.26. The Kier molecular flexibility index (Phi) is 5.96. The van der Waals surface area contributed by atoms with Crippen LogP contribution in [0.15, 0.2) is 12.1 Å². The zero-order valence-corrected chi connectivity index (χ0v) is 15.4. The Balaban J connectivity index is 1.42. The van der Waals surface area contributed by atoms with E-state index >= 15 is 0 Å². The minimum atomic E-state index is 0.315. The molecule has 0 spiro atoms. The van der Waals surface area contributed by atoms with Crippen molar-refractivity contribution in [1.82, 2.24) is 14.7 Å². The molecule has 0 aliphatic carbocycles. The number of carbonyl (C=O) groups is 1. The third kappa shape index (κ3) is 4.69. The Morgan fingerprint density at radius 1 is 1.17 bits per heavy atom. The van der Waals surface area contributed by atoms with Gasteiger partial charge in [-0.1, -0.05) is 11.6 Å². The van der Waals surface area contributed by atoms with E-state index in [0.717, 1.165) is 56.4 Å². The molecular formula is C17H26ClN3OS. The average Bonchev–Trinajstić information content (AvgIpc) is 2.95. The van der Waals surface area contributed by atoms with Crippen LogP contribution in [0.5, 0.6) is 0 Å². The highest BCUT2D eigenvalue weighted by atomic mass is 35.5. The van der Waals surface area contributed by atoms with Gasteiger partial charge in [-0.05, 0) is 38.3 Å². The lowest BCUT2D eigenvalue weighted by Crippen LogP contribution is -2.51. The molecule has 1 unspecified atom stereocenters. The molecule has 0 aromatic carbocycles. The number of halogens is 1. The lowest BCUT2D eigenvalue weighted by molar-refractivity contribution is -0.136. The standard InChI is InChI=1S/C17H26ClN3OS/c1-14-4-2-3-7-21(14)17(22)13-20-10-8-19(9-11-20)12-15-5-6-16(18)23-15/h5-6,14H,2-4,7-13H2,1H3. The Morgan fingerprint density at radius 2 is 1.91 bits per heavy atom. The zero-order valence-electron chi connectivity index (χ0n) is 13.8. The fraction of sp³-hybridized carbons (Fsp3) is 0.706. The highest BCUT2D eigenvalue weighted by molar-refractivity contribution is 7.16. The number of hydrogen-bond acceptors (Lipinski definition) is 4. The van der Waals surface area contributed by atoms with Gasteiger partial charge in [0, 0.05) is 50.2 Å². The Labute approximate surface area is 148 Å². The van der Waals surface area contributed by atoms with Crippen molar-refractivity contribution in [2.75, 3.05) is 39.3 Å². The van der Waals surface area contributed by atoms with Crippen molar-refractivity contribution in [3.8, 4) is 0 Å². The van der Waals surface area contributed by atoms with Crippen molar-refractivity contribution < 1.29 is 4.79 Å². The number of piperazine rings is 1. The molecule has 0 saturated carbocycles. The molecule has 0 radical (unpaired) electrons. The van der Waals surface area contributed by atoms with Crippen molar-refractivity contribution in [2.45, 2.75) is 38.8 Å². The molecule has 4 nitrogen and oxygen atoms in total. The van der Waals surface area contributed by atoms with Crippen LogP contribution in [-0.2, 0) is 11.3 Å². The summed E-state index contributed by atoms with van der Waals surface area (Å²) in [4.78, 5) is 20.7. The first-order valence-corrected chi connectivity index (χ1v) is 9.79. The van der Waals surface area contributed by atoms with Crippen molar-refractivity contribution >= 4 is 28.8 Å². The normalized spacial score (nSPS) is 24.1. The lowest BCUT2D eigenvalue weighted by atomic mass is 10.0. The first-order valence-electron chi connectivity index (χ1n) is 8.60. The second-order valence-electron chi connectivity index (χ2n) is 6.69. The maximum Gasteiger partial charge on any atom is 0.236 e. The number of likely N-dealkylation sites (tertiary alicyclic amines) is 1. The number of hydrogen-bond donors (Lipinski definition) is 0. The summed E-state index contributed by atoms with van der Waals surface area (Å²) in [7, 11) is 0. The molecule has 3 rings (SSSR count). The largest absolute Gasteiger partial charge is 0.339 e. The predicted molar refractivity (Wildman–Crippen MR) is 96.1 cm³/mol. The fourth-order valence-corrected chi connectivity index (χ4v) is 4.64. The van der Waals surface area contributed by atoms with Gasteiger partial charge in [0.1, 0.15) is 0 Å². The first kappa shape index (κ1) is 17.2. The van der Waals surface area contributed by atoms with Crippen LogP contribution in [0.2, 0.25) is 4.34 Å². The van der Waals surface area contributed by atoms with Gasteiger partial charge in [0.25, 0.3) is 0 Å². The molecule has 3 heterocycles. The van der Waals surface area contributed by atoms with E-state index < -0.39 is 0 Å². The molecule has 1 amide bonds. The van der Waals surface area contributed by atoms with E-state index in [0.29, 0.717) is 18.5 Å².